The van der Waals surface area contributed by atoms with Gasteiger partial charge >= 0.3 is 72.0 Å². The number of benzene rings is 3. The Hall–Kier alpha value is -10.6. The Balaban J connectivity index is 0.000000335. The van der Waals surface area contributed by atoms with E-state index in [-0.39, 0.29) is 78.9 Å². The Morgan fingerprint density at radius 1 is 0.365 bits per heavy atom. The van der Waals surface area contributed by atoms with Crippen molar-refractivity contribution >= 4 is 117 Å². The Kier molecular flexibility index (Phi) is 35.5. The Morgan fingerprint density at radius 3 is 0.835 bits per heavy atom. The number of carbonyl (C=O) groups excluding carboxylic acids is 16. The number of nitrogens with zero attached hydrogens (tertiary/aromatic N) is 3. The minimum absolute atomic E-state index is 0.0508. The van der Waals surface area contributed by atoms with E-state index in [1.807, 2.05) is 0 Å². The number of methoxy groups -OCH3 is 5. The van der Waals surface area contributed by atoms with Gasteiger partial charge in [0.2, 0.25) is 0 Å². The number of hydrogen-bond acceptors (Lipinski definition) is 27. The molecule has 0 radical (unpaired) electrons. The smallest absolute Gasteiger partial charge is 0.458 e. The topological polar surface area (TPSA) is 455 Å². The molecule has 8 rings (SSSR count). The fourth-order valence-corrected chi connectivity index (χ4v) is 11.6. The van der Waals surface area contributed by atoms with E-state index in [9.17, 15) is 103 Å². The molecule has 5 aliphatic rings. The van der Waals surface area contributed by atoms with Crippen molar-refractivity contribution in [3.05, 3.63) is 106 Å². The highest BCUT2D eigenvalue weighted by Crippen LogP contribution is 2.28. The van der Waals surface area contributed by atoms with Crippen LogP contribution in [-0.2, 0) is 71.5 Å². The van der Waals surface area contributed by atoms with Gasteiger partial charge in [-0.05, 0) is 178 Å². The maximum Gasteiger partial charge on any atom is 0.458 e. The molecule has 10 atom stereocenters. The number of likely N-dealkylation sites (tertiary alicyclic amines) is 3. The first kappa shape index (κ1) is 96.8. The zero-order valence-corrected chi connectivity index (χ0v) is 66.5. The van der Waals surface area contributed by atoms with Crippen LogP contribution in [0.5, 0.6) is 0 Å². The van der Waals surface area contributed by atoms with E-state index in [0.29, 0.717) is 61.2 Å². The van der Waals surface area contributed by atoms with E-state index in [1.165, 1.54) is 98.8 Å². The summed E-state index contributed by atoms with van der Waals surface area (Å²) in [5.74, 6) is -10.7. The van der Waals surface area contributed by atoms with Crippen LogP contribution in [0.3, 0.4) is 0 Å². The number of hydrogen-bond donors (Lipinski definition) is 7. The molecule has 5 aliphatic heterocycles. The SMILES string of the molecule is COC(=O)[C@@H]1C[C@H](N)CN1C(=O)OC(C)(C)C.COC(=O)[C@@H]1C[C@H](NC(=O)c2ccc(C(=O)N[C@@H]3CN[C@H](C(=O)OC)C3)cc2)CN1.COC(=O)[C@@H]1C[C@H](NC(=O)c2ccc(C(=O)N[C@H]3C[C@@H](C(=O)OC)N(C(=O)OC(C)(C)C)C3)cc2)CN1C(=O)OC(C)(C)C.O=C(C(=O)C(F)(F)F)C(F)(F)F.O=C(Cl)c1ccc(C(=O)Cl)cc1. The number of rotatable bonds is 16. The Bertz CT molecular complexity index is 3800. The normalized spacial score (nSPS) is 20.9. The van der Waals surface area contributed by atoms with Gasteiger partial charge in [0.25, 0.3) is 34.1 Å². The summed E-state index contributed by atoms with van der Waals surface area (Å²) in [4.78, 5) is 192. The number of amides is 7. The van der Waals surface area contributed by atoms with Gasteiger partial charge in [-0.1, -0.05) is 0 Å². The molecular weight excluding hydrogens is 1590 g/mol. The number of halogens is 8. The van der Waals surface area contributed by atoms with Crippen molar-refractivity contribution in [2.75, 3.05) is 68.3 Å². The van der Waals surface area contributed by atoms with Crippen LogP contribution in [0.15, 0.2) is 72.8 Å². The number of esters is 5. The lowest BCUT2D eigenvalue weighted by molar-refractivity contribution is -0.193. The molecule has 3 aromatic rings. The number of nitrogens with two attached hydrogens (primary N) is 1. The van der Waals surface area contributed by atoms with Crippen molar-refractivity contribution in [3.8, 4) is 0 Å². The van der Waals surface area contributed by atoms with E-state index in [0.717, 1.165) is 0 Å². The Labute approximate surface area is 666 Å². The first-order valence-electron chi connectivity index (χ1n) is 35.0. The number of alkyl halides is 6. The predicted octanol–water partition coefficient (Wildman–Crippen LogP) is 5.39. The summed E-state index contributed by atoms with van der Waals surface area (Å²) in [6, 6.07) is 13.1. The Morgan fingerprint density at radius 2 is 0.600 bits per heavy atom. The molecule has 0 saturated carbocycles. The van der Waals surface area contributed by atoms with Crippen molar-refractivity contribution in [3.63, 3.8) is 0 Å². The molecule has 5 saturated heterocycles. The van der Waals surface area contributed by atoms with Gasteiger partial charge in [-0.15, -0.1) is 0 Å². The van der Waals surface area contributed by atoms with Gasteiger partial charge in [0.1, 0.15) is 47.0 Å². The van der Waals surface area contributed by atoms with Crippen LogP contribution >= 0.6 is 23.2 Å². The maximum absolute atomic E-state index is 13.0. The van der Waals surface area contributed by atoms with Gasteiger partial charge in [0, 0.05) is 109 Å². The summed E-state index contributed by atoms with van der Waals surface area (Å²) in [7, 11) is 6.39. The summed E-state index contributed by atoms with van der Waals surface area (Å²) in [6.45, 7) is 17.0. The molecule has 5 fully saturated rings. The molecule has 115 heavy (non-hydrogen) atoms. The third-order valence-corrected chi connectivity index (χ3v) is 17.1. The molecule has 8 N–H and O–H groups in total. The minimum Gasteiger partial charge on any atom is -0.468 e. The summed E-state index contributed by atoms with van der Waals surface area (Å²) in [6.07, 6.45) is -11.8. The lowest BCUT2D eigenvalue weighted by atomic mass is 10.1. The van der Waals surface area contributed by atoms with E-state index in [2.05, 4.69) is 36.6 Å². The van der Waals surface area contributed by atoms with Crippen LogP contribution in [0.1, 0.15) is 157 Å². The van der Waals surface area contributed by atoms with Gasteiger partial charge in [-0.25, -0.2) is 28.8 Å². The molecule has 0 aliphatic carbocycles. The maximum atomic E-state index is 13.0. The van der Waals surface area contributed by atoms with Crippen molar-refractivity contribution in [1.29, 1.82) is 0 Å². The van der Waals surface area contributed by atoms with Crippen molar-refractivity contribution < 1.29 is 141 Å². The van der Waals surface area contributed by atoms with E-state index in [4.69, 9.17) is 62.1 Å². The minimum atomic E-state index is -5.77. The summed E-state index contributed by atoms with van der Waals surface area (Å²) < 4.78 is 107. The van der Waals surface area contributed by atoms with Crippen LogP contribution in [0.25, 0.3) is 0 Å². The van der Waals surface area contributed by atoms with Gasteiger partial charge < -0.3 is 75.5 Å². The molecule has 34 nitrogen and oxygen atoms in total. The van der Waals surface area contributed by atoms with E-state index in [1.54, 1.807) is 86.6 Å². The average molecular weight is 1680 g/mol. The summed E-state index contributed by atoms with van der Waals surface area (Å²) in [5.41, 5.74) is 5.66. The molecule has 42 heteroatoms. The predicted molar refractivity (Wildman–Crippen MR) is 392 cm³/mol. The standard InChI is InChI=1S/C30H42N4O10.C20H26N4O6.C11H20N2O4.C8H4Cl2O2.C4F6O2/c1-29(2,3)43-27(39)33-15-19(13-21(33)25(37)41-7)31-23(35)17-9-11-18(12-10-17)24(36)32-20-14-22(26(38)42-8)34(16-20)28(40)44-30(4,5)6;1-29-19(27)15-7-13(9-21-15)23-17(25)11-3-5-12(6-4-11)18(26)24-14-8-16(22-10-14)20(28)30-2;1-11(2,3)17-10(15)13-6-7(12)5-8(13)9(14)16-4;9-7(11)5-1-2-6(4-3-5)8(10)12;5-3(6,7)1(11)2(12)4(8,9)10/h9-12,19-22H,13-16H2,1-8H3,(H,31,35)(H,32,36);3-6,13-16,21-22H,7-10H2,1-2H3,(H,23,25)(H,24,26);7-8H,5-6,12H2,1-4H3;1-4H;/t19-,20-,21-,22-;13-,14-,15-,16-;7-,8-;;/m000../s1. The van der Waals surface area contributed by atoms with Crippen molar-refractivity contribution in [2.45, 2.75) is 184 Å². The van der Waals surface area contributed by atoms with Gasteiger partial charge in [-0.2, -0.15) is 26.3 Å². The quantitative estimate of drug-likeness (QED) is 0.0310. The zero-order chi connectivity index (χ0) is 87.2. The monoisotopic (exact) mass is 1680 g/mol. The van der Waals surface area contributed by atoms with Gasteiger partial charge in [-0.3, -0.25) is 62.6 Å². The van der Waals surface area contributed by atoms with Crippen LogP contribution in [0.2, 0.25) is 0 Å². The molecule has 0 spiro atoms. The number of Topliss-reactive ketones (excluding diaryl/α,β-unsaturated/α-hetero) is 2. The van der Waals surface area contributed by atoms with E-state index < -0.39 is 142 Å². The zero-order valence-electron chi connectivity index (χ0n) is 65.0. The second-order valence-electron chi connectivity index (χ2n) is 29.0. The summed E-state index contributed by atoms with van der Waals surface area (Å²) in [5, 5.41) is 16.3. The van der Waals surface area contributed by atoms with Gasteiger partial charge in [0.05, 0.1) is 35.5 Å². The number of nitrogens with one attached hydrogen (secondary N) is 6. The van der Waals surface area contributed by atoms with Crippen LogP contribution < -0.4 is 37.6 Å². The van der Waals surface area contributed by atoms with Gasteiger partial charge in [0.15, 0.2) is 0 Å². The van der Waals surface area contributed by atoms with Crippen LogP contribution in [0.4, 0.5) is 40.7 Å². The molecular formula is C73H92Cl2F6N10O24. The lowest BCUT2D eigenvalue weighted by Gasteiger charge is -2.27. The van der Waals surface area contributed by atoms with Crippen molar-refractivity contribution in [2.24, 2.45) is 5.73 Å². The molecule has 0 aromatic heterocycles. The third kappa shape index (κ3) is 30.6. The largest absolute Gasteiger partial charge is 0.468 e. The number of ether oxygens (including phenoxy) is 8. The molecule has 0 bridgehead atoms. The fourth-order valence-electron chi connectivity index (χ4n) is 11.3. The lowest BCUT2D eigenvalue weighted by Crippen LogP contribution is -2.44. The highest BCUT2D eigenvalue weighted by Gasteiger charge is 2.54. The summed E-state index contributed by atoms with van der Waals surface area (Å²) >= 11 is 10.4. The first-order chi connectivity index (χ1) is 53.2. The molecule has 3 aromatic carbocycles. The number of ketones is 2. The van der Waals surface area contributed by atoms with Crippen LogP contribution in [-0.4, -0.2) is 266 Å². The molecule has 0 unspecified atom stereocenters. The molecule has 5 heterocycles. The molecule has 7 amide bonds. The fraction of sp³-hybridized carbons (Fsp3) is 0.534. The second-order valence-corrected chi connectivity index (χ2v) is 29.7. The van der Waals surface area contributed by atoms with Crippen molar-refractivity contribution in [1.82, 2.24) is 46.6 Å². The highest BCUT2D eigenvalue weighted by molar-refractivity contribution is 6.68. The number of carbonyl (C=O) groups is 16. The van der Waals surface area contributed by atoms with E-state index >= 15 is 0 Å². The third-order valence-electron chi connectivity index (χ3n) is 16.7. The van der Waals surface area contributed by atoms with Crippen LogP contribution in [0, 0.1) is 0 Å². The molecule has 634 valence electrons. The second kappa shape index (κ2) is 42.2. The average Bonchev–Trinajstić information content (AvgIpc) is 1.72. The first-order valence-corrected chi connectivity index (χ1v) is 35.8. The highest BCUT2D eigenvalue weighted by atomic mass is 35.5.